The number of halogens is 2. The van der Waals surface area contributed by atoms with E-state index in [0.29, 0.717) is 33.3 Å². The van der Waals surface area contributed by atoms with E-state index in [-0.39, 0.29) is 0 Å². The summed E-state index contributed by atoms with van der Waals surface area (Å²) in [6, 6.07) is 13.3. The first-order chi connectivity index (χ1) is 12.0. The van der Waals surface area contributed by atoms with E-state index < -0.39 is 0 Å². The average molecular weight is 392 g/mol. The number of aromatic nitrogens is 3. The van der Waals surface area contributed by atoms with Crippen LogP contribution in [0.15, 0.2) is 48.8 Å². The molecule has 0 amide bonds. The minimum atomic E-state index is 0.331. The molecule has 0 radical (unpaired) electrons. The van der Waals surface area contributed by atoms with E-state index in [1.807, 2.05) is 12.1 Å². The van der Waals surface area contributed by atoms with E-state index in [1.54, 1.807) is 29.2 Å². The molecule has 2 aromatic carbocycles. The van der Waals surface area contributed by atoms with Crippen LogP contribution in [0.25, 0.3) is 0 Å². The number of nitrogens with zero attached hydrogens (tertiary/aromatic N) is 3. The first-order valence-corrected chi connectivity index (χ1v) is 8.65. The van der Waals surface area contributed by atoms with Gasteiger partial charge in [0.1, 0.15) is 6.33 Å². The summed E-state index contributed by atoms with van der Waals surface area (Å²) < 4.78 is 1.75. The molecule has 0 fully saturated rings. The predicted octanol–water partition coefficient (Wildman–Crippen LogP) is 4.75. The zero-order valence-corrected chi connectivity index (χ0v) is 15.7. The summed E-state index contributed by atoms with van der Waals surface area (Å²) >= 11 is 17.3. The van der Waals surface area contributed by atoms with Crippen LogP contribution in [0.2, 0.25) is 10.0 Å². The molecule has 0 spiro atoms. The van der Waals surface area contributed by atoms with Gasteiger partial charge in [-0.25, -0.2) is 9.67 Å². The molecular formula is C17H15Cl2N5S. The Morgan fingerprint density at radius 3 is 2.76 bits per heavy atom. The Hall–Kier alpha value is -2.15. The molecule has 5 nitrogen and oxygen atoms in total. The van der Waals surface area contributed by atoms with Crippen molar-refractivity contribution in [3.8, 4) is 0 Å². The normalized spacial score (nSPS) is 10.5. The van der Waals surface area contributed by atoms with E-state index in [0.717, 1.165) is 0 Å². The summed E-state index contributed by atoms with van der Waals surface area (Å²) in [6.45, 7) is 2.71. The van der Waals surface area contributed by atoms with Gasteiger partial charge in [0.15, 0.2) is 5.11 Å². The van der Waals surface area contributed by atoms with Crippen molar-refractivity contribution in [2.75, 3.05) is 10.6 Å². The highest BCUT2D eigenvalue weighted by Gasteiger charge is 2.07. The Bertz CT molecular complexity index is 910. The molecule has 0 aliphatic heterocycles. The van der Waals surface area contributed by atoms with Crippen LogP contribution in [0.4, 0.5) is 11.6 Å². The quantitative estimate of drug-likeness (QED) is 0.628. The van der Waals surface area contributed by atoms with Crippen LogP contribution < -0.4 is 10.6 Å². The third kappa shape index (κ3) is 4.69. The minimum Gasteiger partial charge on any atom is -0.331 e. The number of hydrogen-bond donors (Lipinski definition) is 2. The molecule has 2 N–H and O–H groups in total. The summed E-state index contributed by atoms with van der Waals surface area (Å²) in [7, 11) is 0. The third-order valence-electron chi connectivity index (χ3n) is 3.53. The molecule has 3 aromatic rings. The van der Waals surface area contributed by atoms with E-state index >= 15 is 0 Å². The Morgan fingerprint density at radius 1 is 1.16 bits per heavy atom. The average Bonchev–Trinajstić information content (AvgIpc) is 3.00. The lowest BCUT2D eigenvalue weighted by Gasteiger charge is -2.10. The molecule has 0 saturated carbocycles. The van der Waals surface area contributed by atoms with Gasteiger partial charge in [0, 0.05) is 5.02 Å². The van der Waals surface area contributed by atoms with Gasteiger partial charge in [-0.3, -0.25) is 5.32 Å². The second-order valence-corrected chi connectivity index (χ2v) is 6.65. The number of aryl methyl sites for hydroxylation is 1. The Labute approximate surface area is 161 Å². The van der Waals surface area contributed by atoms with Crippen LogP contribution in [0.3, 0.4) is 0 Å². The van der Waals surface area contributed by atoms with Crippen LogP contribution in [0.1, 0.15) is 11.1 Å². The summed E-state index contributed by atoms with van der Waals surface area (Å²) in [4.78, 5) is 4.22. The Kier molecular flexibility index (Phi) is 5.53. The fourth-order valence-electron chi connectivity index (χ4n) is 2.24. The zero-order valence-electron chi connectivity index (χ0n) is 13.3. The fourth-order valence-corrected chi connectivity index (χ4v) is 2.78. The molecule has 0 aliphatic rings. The number of thiocarbonyl (C=S) groups is 1. The van der Waals surface area contributed by atoms with Crippen molar-refractivity contribution in [3.05, 3.63) is 70.0 Å². The van der Waals surface area contributed by atoms with Gasteiger partial charge in [-0.05, 0) is 48.5 Å². The van der Waals surface area contributed by atoms with Gasteiger partial charge >= 0.3 is 0 Å². The topological polar surface area (TPSA) is 54.8 Å². The molecular weight excluding hydrogens is 377 g/mol. The smallest absolute Gasteiger partial charge is 0.248 e. The van der Waals surface area contributed by atoms with Crippen molar-refractivity contribution >= 4 is 52.2 Å². The monoisotopic (exact) mass is 391 g/mol. The van der Waals surface area contributed by atoms with Gasteiger partial charge in [-0.1, -0.05) is 47.5 Å². The highest BCUT2D eigenvalue weighted by atomic mass is 35.5. The number of rotatable bonds is 4. The molecule has 8 heteroatoms. The predicted molar refractivity (Wildman–Crippen MR) is 107 cm³/mol. The molecule has 0 saturated heterocycles. The van der Waals surface area contributed by atoms with E-state index in [9.17, 15) is 0 Å². The maximum absolute atomic E-state index is 6.11. The second-order valence-electron chi connectivity index (χ2n) is 5.40. The molecule has 1 aromatic heterocycles. The van der Waals surface area contributed by atoms with Crippen LogP contribution in [-0.2, 0) is 6.54 Å². The number of hydrogen-bond acceptors (Lipinski definition) is 3. The SMILES string of the molecule is Cc1ccccc1Cn1cnc(NC(=S)Nc2cc(Cl)ccc2Cl)n1. The highest BCUT2D eigenvalue weighted by molar-refractivity contribution is 7.80. The molecule has 0 bridgehead atoms. The van der Waals surface area contributed by atoms with Crippen LogP contribution in [0, 0.1) is 6.92 Å². The lowest BCUT2D eigenvalue weighted by molar-refractivity contribution is 0.684. The number of nitrogens with one attached hydrogen (secondary N) is 2. The first kappa shape index (κ1) is 17.7. The minimum absolute atomic E-state index is 0.331. The molecule has 0 aliphatic carbocycles. The maximum Gasteiger partial charge on any atom is 0.248 e. The van der Waals surface area contributed by atoms with Gasteiger partial charge in [-0.15, -0.1) is 5.10 Å². The van der Waals surface area contributed by atoms with E-state index in [2.05, 4.69) is 39.8 Å². The van der Waals surface area contributed by atoms with Gasteiger partial charge in [-0.2, -0.15) is 0 Å². The van der Waals surface area contributed by atoms with Crippen molar-refractivity contribution in [3.63, 3.8) is 0 Å². The first-order valence-electron chi connectivity index (χ1n) is 7.48. The van der Waals surface area contributed by atoms with Gasteiger partial charge in [0.2, 0.25) is 5.95 Å². The van der Waals surface area contributed by atoms with Gasteiger partial charge in [0.25, 0.3) is 0 Å². The van der Waals surface area contributed by atoms with Crippen LogP contribution in [-0.4, -0.2) is 19.9 Å². The summed E-state index contributed by atoms with van der Waals surface area (Å²) in [5.74, 6) is 0.407. The highest BCUT2D eigenvalue weighted by Crippen LogP contribution is 2.25. The molecule has 3 rings (SSSR count). The molecule has 0 atom stereocenters. The summed E-state index contributed by atoms with van der Waals surface area (Å²) in [6.07, 6.45) is 1.66. The lowest BCUT2D eigenvalue weighted by atomic mass is 10.1. The van der Waals surface area contributed by atoms with Gasteiger partial charge < -0.3 is 5.32 Å². The van der Waals surface area contributed by atoms with Crippen LogP contribution >= 0.6 is 35.4 Å². The van der Waals surface area contributed by atoms with Crippen LogP contribution in [0.5, 0.6) is 0 Å². The van der Waals surface area contributed by atoms with Crippen molar-refractivity contribution < 1.29 is 0 Å². The van der Waals surface area contributed by atoms with Crippen molar-refractivity contribution in [2.24, 2.45) is 0 Å². The zero-order chi connectivity index (χ0) is 17.8. The Morgan fingerprint density at radius 2 is 1.96 bits per heavy atom. The number of benzene rings is 2. The van der Waals surface area contributed by atoms with Gasteiger partial charge in [0.05, 0.1) is 17.3 Å². The maximum atomic E-state index is 6.11. The van der Waals surface area contributed by atoms with Crippen molar-refractivity contribution in [1.82, 2.24) is 14.8 Å². The Balaban J connectivity index is 1.64. The molecule has 25 heavy (non-hydrogen) atoms. The summed E-state index contributed by atoms with van der Waals surface area (Å²) in [5, 5.41) is 11.7. The van der Waals surface area contributed by atoms with E-state index in [1.165, 1.54) is 11.1 Å². The number of anilines is 2. The molecule has 1 heterocycles. The standard InChI is InChI=1S/C17H15Cl2N5S/c1-11-4-2-3-5-12(11)9-24-10-20-16(23-24)22-17(25)21-15-8-13(18)6-7-14(15)19/h2-8,10H,9H2,1H3,(H2,21,22,23,25). The summed E-state index contributed by atoms with van der Waals surface area (Å²) in [5.41, 5.74) is 3.01. The molecule has 0 unspecified atom stereocenters. The molecule has 128 valence electrons. The van der Waals surface area contributed by atoms with E-state index in [4.69, 9.17) is 35.4 Å². The second kappa shape index (κ2) is 7.82. The lowest BCUT2D eigenvalue weighted by Crippen LogP contribution is -2.20. The van der Waals surface area contributed by atoms with Crippen molar-refractivity contribution in [1.29, 1.82) is 0 Å². The third-order valence-corrected chi connectivity index (χ3v) is 4.30. The van der Waals surface area contributed by atoms with Crippen molar-refractivity contribution in [2.45, 2.75) is 13.5 Å². The largest absolute Gasteiger partial charge is 0.331 e. The fraction of sp³-hybridized carbons (Fsp3) is 0.118.